The number of carbonyl (C=O) groups excluding carboxylic acids is 3. The number of amides is 3. The standard InChI is InChI=1S/C24H30FN5O3/c1-13(31)28-15-6-4-5-14(7-15)23(33)29-21-9-16(18(25)11-27-21)17-8-19(22(26)32)30-12-24(2,3)10-20(17)30/h8-9,11,14-15H,4-7,10,12H2,1-3H3,(H2,26,32)(H,28,31)(H,27,29,33). The molecule has 8 nitrogen and oxygen atoms in total. The second-order valence-electron chi connectivity index (χ2n) is 9.98. The molecular weight excluding hydrogens is 425 g/mol. The Balaban J connectivity index is 1.59. The zero-order valence-corrected chi connectivity index (χ0v) is 19.2. The molecule has 1 aliphatic heterocycles. The van der Waals surface area contributed by atoms with Crippen molar-refractivity contribution >= 4 is 23.5 Å². The number of fused-ring (bicyclic) bond motifs is 1. The molecule has 2 unspecified atom stereocenters. The van der Waals surface area contributed by atoms with Crippen molar-refractivity contribution in [3.05, 3.63) is 35.5 Å². The maximum Gasteiger partial charge on any atom is 0.265 e. The number of nitrogens with two attached hydrogens (primary N) is 1. The van der Waals surface area contributed by atoms with Crippen LogP contribution in [-0.4, -0.2) is 33.3 Å². The largest absolute Gasteiger partial charge is 0.364 e. The molecular formula is C24H30FN5O3. The summed E-state index contributed by atoms with van der Waals surface area (Å²) in [4.78, 5) is 40.3. The Bertz CT molecular complexity index is 1120. The summed E-state index contributed by atoms with van der Waals surface area (Å²) in [5.74, 6) is -1.41. The zero-order chi connectivity index (χ0) is 23.9. The van der Waals surface area contributed by atoms with Crippen LogP contribution in [0.15, 0.2) is 18.3 Å². The van der Waals surface area contributed by atoms with Crippen molar-refractivity contribution in [3.8, 4) is 11.1 Å². The molecule has 0 spiro atoms. The van der Waals surface area contributed by atoms with Gasteiger partial charge in [0, 0.05) is 42.2 Å². The lowest BCUT2D eigenvalue weighted by molar-refractivity contribution is -0.123. The summed E-state index contributed by atoms with van der Waals surface area (Å²) in [5, 5.41) is 5.69. The number of hydrogen-bond acceptors (Lipinski definition) is 4. The van der Waals surface area contributed by atoms with Gasteiger partial charge < -0.3 is 20.9 Å². The molecule has 9 heteroatoms. The van der Waals surface area contributed by atoms with E-state index in [1.165, 1.54) is 13.0 Å². The average molecular weight is 456 g/mol. The first-order chi connectivity index (χ1) is 15.5. The van der Waals surface area contributed by atoms with Gasteiger partial charge in [-0.05, 0) is 43.2 Å². The van der Waals surface area contributed by atoms with E-state index < -0.39 is 11.7 Å². The van der Waals surface area contributed by atoms with Gasteiger partial charge in [0.25, 0.3) is 5.91 Å². The van der Waals surface area contributed by atoms with Gasteiger partial charge in [0.2, 0.25) is 11.8 Å². The van der Waals surface area contributed by atoms with E-state index in [0.717, 1.165) is 31.2 Å². The Kier molecular flexibility index (Phi) is 5.99. The van der Waals surface area contributed by atoms with E-state index in [1.807, 2.05) is 4.57 Å². The fourth-order valence-corrected chi connectivity index (χ4v) is 5.12. The van der Waals surface area contributed by atoms with Crippen molar-refractivity contribution < 1.29 is 18.8 Å². The number of anilines is 1. The lowest BCUT2D eigenvalue weighted by Crippen LogP contribution is -2.40. The van der Waals surface area contributed by atoms with Gasteiger partial charge in [0.15, 0.2) is 0 Å². The Morgan fingerprint density at radius 2 is 1.97 bits per heavy atom. The molecule has 176 valence electrons. The highest BCUT2D eigenvalue weighted by molar-refractivity contribution is 5.95. The maximum absolute atomic E-state index is 14.9. The number of nitrogens with zero attached hydrogens (tertiary/aromatic N) is 2. The molecule has 4 N–H and O–H groups in total. The average Bonchev–Trinajstić information content (AvgIpc) is 3.22. The number of hydrogen-bond donors (Lipinski definition) is 3. The first-order valence-electron chi connectivity index (χ1n) is 11.3. The van der Waals surface area contributed by atoms with Crippen LogP contribution >= 0.6 is 0 Å². The van der Waals surface area contributed by atoms with Crippen molar-refractivity contribution in [2.45, 2.75) is 65.5 Å². The van der Waals surface area contributed by atoms with Crippen LogP contribution in [0.5, 0.6) is 0 Å². The van der Waals surface area contributed by atoms with E-state index in [0.29, 0.717) is 30.6 Å². The summed E-state index contributed by atoms with van der Waals surface area (Å²) < 4.78 is 16.7. The van der Waals surface area contributed by atoms with Crippen LogP contribution in [0.1, 0.15) is 62.6 Å². The van der Waals surface area contributed by atoms with Gasteiger partial charge in [-0.25, -0.2) is 9.37 Å². The summed E-state index contributed by atoms with van der Waals surface area (Å²) in [6.07, 6.45) is 4.73. The Morgan fingerprint density at radius 3 is 2.67 bits per heavy atom. The molecule has 0 aromatic carbocycles. The third kappa shape index (κ3) is 4.77. The lowest BCUT2D eigenvalue weighted by atomic mass is 9.85. The molecule has 0 radical (unpaired) electrons. The molecule has 2 atom stereocenters. The molecule has 0 bridgehead atoms. The van der Waals surface area contributed by atoms with E-state index in [4.69, 9.17) is 5.73 Å². The van der Waals surface area contributed by atoms with Crippen molar-refractivity contribution in [1.29, 1.82) is 0 Å². The molecule has 3 heterocycles. The van der Waals surface area contributed by atoms with E-state index in [9.17, 15) is 18.8 Å². The van der Waals surface area contributed by atoms with Gasteiger partial charge in [-0.2, -0.15) is 0 Å². The van der Waals surface area contributed by atoms with Crippen molar-refractivity contribution in [1.82, 2.24) is 14.9 Å². The van der Waals surface area contributed by atoms with Crippen molar-refractivity contribution in [3.63, 3.8) is 0 Å². The van der Waals surface area contributed by atoms with Crippen LogP contribution in [0, 0.1) is 17.2 Å². The quantitative estimate of drug-likeness (QED) is 0.642. The Hall–Kier alpha value is -3.23. The summed E-state index contributed by atoms with van der Waals surface area (Å²) in [7, 11) is 0. The summed E-state index contributed by atoms with van der Waals surface area (Å²) in [6.45, 7) is 6.26. The van der Waals surface area contributed by atoms with Crippen LogP contribution < -0.4 is 16.4 Å². The summed E-state index contributed by atoms with van der Waals surface area (Å²) in [5.41, 5.74) is 7.55. The fourth-order valence-electron chi connectivity index (χ4n) is 5.12. The monoisotopic (exact) mass is 455 g/mol. The summed E-state index contributed by atoms with van der Waals surface area (Å²) in [6, 6.07) is 3.10. The molecule has 3 amide bonds. The smallest absolute Gasteiger partial charge is 0.265 e. The minimum atomic E-state index is -0.561. The molecule has 33 heavy (non-hydrogen) atoms. The van der Waals surface area contributed by atoms with Crippen LogP contribution in [0.2, 0.25) is 0 Å². The first-order valence-corrected chi connectivity index (χ1v) is 11.3. The highest BCUT2D eigenvalue weighted by Crippen LogP contribution is 2.41. The number of halogens is 1. The van der Waals surface area contributed by atoms with Crippen LogP contribution in [0.25, 0.3) is 11.1 Å². The van der Waals surface area contributed by atoms with E-state index >= 15 is 0 Å². The lowest BCUT2D eigenvalue weighted by Gasteiger charge is -2.28. The highest BCUT2D eigenvalue weighted by atomic mass is 19.1. The topological polar surface area (TPSA) is 119 Å². The van der Waals surface area contributed by atoms with Gasteiger partial charge >= 0.3 is 0 Å². The predicted molar refractivity (Wildman–Crippen MR) is 122 cm³/mol. The third-order valence-corrected chi connectivity index (χ3v) is 6.54. The SMILES string of the molecule is CC(=O)NC1CCCC(C(=O)Nc2cc(-c3cc(C(N)=O)n4c3CC(C)(C)C4)c(F)cn2)C1. The number of aromatic nitrogens is 2. The minimum absolute atomic E-state index is 0.0248. The number of nitrogens with one attached hydrogen (secondary N) is 2. The van der Waals surface area contributed by atoms with E-state index in [2.05, 4.69) is 29.5 Å². The minimum Gasteiger partial charge on any atom is -0.364 e. The highest BCUT2D eigenvalue weighted by Gasteiger charge is 2.35. The van der Waals surface area contributed by atoms with Gasteiger partial charge in [-0.1, -0.05) is 20.3 Å². The normalized spacial score (nSPS) is 21.3. The number of pyridine rings is 1. The third-order valence-electron chi connectivity index (χ3n) is 6.54. The Morgan fingerprint density at radius 1 is 1.21 bits per heavy atom. The zero-order valence-electron chi connectivity index (χ0n) is 19.2. The van der Waals surface area contributed by atoms with E-state index in [1.54, 1.807) is 6.07 Å². The molecule has 2 aliphatic rings. The van der Waals surface area contributed by atoms with Gasteiger partial charge in [-0.15, -0.1) is 0 Å². The molecule has 2 aromatic heterocycles. The Labute approximate surface area is 192 Å². The van der Waals surface area contributed by atoms with Crippen molar-refractivity contribution in [2.24, 2.45) is 17.1 Å². The van der Waals surface area contributed by atoms with Crippen LogP contribution in [0.3, 0.4) is 0 Å². The molecule has 0 saturated heterocycles. The first kappa shape index (κ1) is 22.9. The van der Waals surface area contributed by atoms with Gasteiger partial charge in [0.1, 0.15) is 17.3 Å². The van der Waals surface area contributed by atoms with Crippen molar-refractivity contribution in [2.75, 3.05) is 5.32 Å². The molecule has 1 aliphatic carbocycles. The molecule has 2 aromatic rings. The number of rotatable bonds is 5. The number of carbonyl (C=O) groups is 3. The van der Waals surface area contributed by atoms with Gasteiger partial charge in [-0.3, -0.25) is 14.4 Å². The molecule has 4 rings (SSSR count). The van der Waals surface area contributed by atoms with Crippen LogP contribution in [0.4, 0.5) is 10.2 Å². The second-order valence-corrected chi connectivity index (χ2v) is 9.98. The van der Waals surface area contributed by atoms with Crippen LogP contribution in [-0.2, 0) is 22.6 Å². The summed E-state index contributed by atoms with van der Waals surface area (Å²) >= 11 is 0. The fraction of sp³-hybridized carbons (Fsp3) is 0.500. The molecule has 1 fully saturated rings. The molecule has 1 saturated carbocycles. The van der Waals surface area contributed by atoms with Gasteiger partial charge in [0.05, 0.1) is 6.20 Å². The predicted octanol–water partition coefficient (Wildman–Crippen LogP) is 3.00. The second kappa shape index (κ2) is 8.61. The maximum atomic E-state index is 14.9. The van der Waals surface area contributed by atoms with E-state index in [-0.39, 0.29) is 40.6 Å². The number of primary amides is 1.